The number of aliphatic hydroxyl groups is 1. The van der Waals surface area contributed by atoms with Gasteiger partial charge in [-0.05, 0) is 37.5 Å². The molecule has 31 heavy (non-hydrogen) atoms. The molecule has 1 fully saturated rings. The predicted octanol–water partition coefficient (Wildman–Crippen LogP) is 2.16. The molecule has 0 bridgehead atoms. The maximum absolute atomic E-state index is 12.6. The quantitative estimate of drug-likeness (QED) is 0.575. The zero-order valence-electron chi connectivity index (χ0n) is 17.0. The largest absolute Gasteiger partial charge is 0.489 e. The molecule has 0 saturated carbocycles. The topological polar surface area (TPSA) is 105 Å². The molecule has 0 radical (unpaired) electrons. The molecule has 11 heteroatoms. The Morgan fingerprint density at radius 1 is 1.23 bits per heavy atom. The van der Waals surface area contributed by atoms with Gasteiger partial charge in [0.05, 0.1) is 11.6 Å². The van der Waals surface area contributed by atoms with Crippen molar-refractivity contribution in [2.45, 2.75) is 31.9 Å². The van der Waals surface area contributed by atoms with Gasteiger partial charge in [-0.15, -0.1) is 0 Å². The van der Waals surface area contributed by atoms with Crippen LogP contribution in [0.15, 0.2) is 27.8 Å². The Morgan fingerprint density at radius 3 is 2.68 bits per heavy atom. The van der Waals surface area contributed by atoms with Gasteiger partial charge in [0, 0.05) is 25.2 Å². The van der Waals surface area contributed by atoms with Gasteiger partial charge in [-0.25, -0.2) is 4.79 Å². The summed E-state index contributed by atoms with van der Waals surface area (Å²) in [6, 6.07) is 4.83. The van der Waals surface area contributed by atoms with Crippen molar-refractivity contribution in [1.82, 2.24) is 19.1 Å². The highest BCUT2D eigenvalue weighted by Crippen LogP contribution is 2.28. The van der Waals surface area contributed by atoms with Crippen molar-refractivity contribution >= 4 is 40.3 Å². The second-order valence-electron chi connectivity index (χ2n) is 7.60. The molecule has 1 aliphatic heterocycles. The second-order valence-corrected chi connectivity index (χ2v) is 8.44. The lowest BCUT2D eigenvalue weighted by Gasteiger charge is -2.28. The molecule has 0 spiro atoms. The van der Waals surface area contributed by atoms with Crippen LogP contribution in [-0.2, 0) is 13.6 Å². The minimum Gasteiger partial charge on any atom is -0.489 e. The van der Waals surface area contributed by atoms with Crippen molar-refractivity contribution in [3.8, 4) is 5.75 Å². The predicted molar refractivity (Wildman–Crippen MR) is 120 cm³/mol. The molecule has 1 aliphatic rings. The third-order valence-corrected chi connectivity index (χ3v) is 5.87. The molecule has 9 nitrogen and oxygen atoms in total. The number of H-pyrrole nitrogens is 1. The Hall–Kier alpha value is -2.49. The van der Waals surface area contributed by atoms with E-state index < -0.39 is 17.4 Å². The van der Waals surface area contributed by atoms with Crippen LogP contribution in [0.4, 0.5) is 5.95 Å². The Balaban J connectivity index is 1.65. The Morgan fingerprint density at radius 2 is 1.97 bits per heavy atom. The number of piperidine rings is 1. The lowest BCUT2D eigenvalue weighted by molar-refractivity contribution is 0.0936. The third-order valence-electron chi connectivity index (χ3n) is 5.34. The number of nitrogens with zero attached hydrogens (tertiary/aromatic N) is 4. The first-order valence-corrected chi connectivity index (χ1v) is 10.8. The van der Waals surface area contributed by atoms with Crippen molar-refractivity contribution in [3.05, 3.63) is 49.1 Å². The smallest absolute Gasteiger partial charge is 0.329 e. The number of hydrogen-bond donors (Lipinski definition) is 2. The summed E-state index contributed by atoms with van der Waals surface area (Å²) in [6.45, 7) is 1.60. The van der Waals surface area contributed by atoms with Crippen LogP contribution < -0.4 is 20.9 Å². The van der Waals surface area contributed by atoms with E-state index in [1.54, 1.807) is 29.8 Å². The number of ether oxygens (including phenoxy) is 1. The number of aromatic nitrogens is 4. The summed E-state index contributed by atoms with van der Waals surface area (Å²) in [5.41, 5.74) is -0.550. The molecule has 1 aromatic carbocycles. The van der Waals surface area contributed by atoms with E-state index in [9.17, 15) is 14.7 Å². The molecule has 0 aliphatic carbocycles. The lowest BCUT2D eigenvalue weighted by atomic mass is 10.1. The van der Waals surface area contributed by atoms with Crippen LogP contribution in [0.1, 0.15) is 19.3 Å². The third kappa shape index (κ3) is 4.44. The van der Waals surface area contributed by atoms with E-state index in [4.69, 9.17) is 27.9 Å². The van der Waals surface area contributed by atoms with E-state index in [0.29, 0.717) is 21.7 Å². The number of anilines is 1. The number of fused-ring (bicyclic) bond motifs is 1. The minimum atomic E-state index is -0.954. The monoisotopic (exact) mass is 467 g/mol. The van der Waals surface area contributed by atoms with Gasteiger partial charge in [-0.2, -0.15) is 4.98 Å². The average Bonchev–Trinajstić information content (AvgIpc) is 3.12. The zero-order valence-corrected chi connectivity index (χ0v) is 18.5. The van der Waals surface area contributed by atoms with Crippen LogP contribution in [0.2, 0.25) is 10.0 Å². The van der Waals surface area contributed by atoms with Gasteiger partial charge in [0.25, 0.3) is 5.56 Å². The number of imidazole rings is 1. The fraction of sp³-hybridized carbons (Fsp3) is 0.450. The van der Waals surface area contributed by atoms with E-state index >= 15 is 0 Å². The molecule has 1 saturated heterocycles. The van der Waals surface area contributed by atoms with Gasteiger partial charge >= 0.3 is 5.69 Å². The minimum absolute atomic E-state index is 0.0515. The first-order chi connectivity index (χ1) is 14.8. The van der Waals surface area contributed by atoms with Gasteiger partial charge < -0.3 is 19.3 Å². The fourth-order valence-corrected chi connectivity index (χ4v) is 4.24. The van der Waals surface area contributed by atoms with E-state index in [1.807, 2.05) is 0 Å². The molecule has 3 aromatic rings. The Bertz CT molecular complexity index is 1210. The molecule has 4 rings (SSSR count). The van der Waals surface area contributed by atoms with Crippen LogP contribution in [0.3, 0.4) is 0 Å². The standard InChI is InChI=1S/C20H23Cl2N5O4/c1-25-17-16(18(29)24-20(25)30)27(19(23-17)26-7-3-2-4-8-26)10-13(28)11-31-15-6-5-12(21)9-14(15)22/h5-6,9,13,28H,2-4,7-8,10-11H2,1H3,(H,24,29,30)/t13-/m1/s1. The Labute approximate surface area is 187 Å². The molecule has 1 atom stereocenters. The zero-order chi connectivity index (χ0) is 22.1. The van der Waals surface area contributed by atoms with Gasteiger partial charge in [0.2, 0.25) is 5.95 Å². The lowest BCUT2D eigenvalue weighted by Crippen LogP contribution is -2.34. The Kier molecular flexibility index (Phi) is 6.27. The number of aromatic amines is 1. The summed E-state index contributed by atoms with van der Waals surface area (Å²) < 4.78 is 8.61. The van der Waals surface area contributed by atoms with Crippen molar-refractivity contribution < 1.29 is 9.84 Å². The maximum atomic E-state index is 12.6. The van der Waals surface area contributed by atoms with E-state index in [0.717, 1.165) is 32.4 Å². The molecule has 0 unspecified atom stereocenters. The van der Waals surface area contributed by atoms with Crippen LogP contribution in [0.25, 0.3) is 11.2 Å². The molecular weight excluding hydrogens is 445 g/mol. The number of rotatable bonds is 6. The van der Waals surface area contributed by atoms with Gasteiger partial charge in [-0.1, -0.05) is 23.2 Å². The maximum Gasteiger partial charge on any atom is 0.329 e. The van der Waals surface area contributed by atoms with Crippen molar-refractivity contribution in [2.75, 3.05) is 24.6 Å². The number of benzene rings is 1. The highest BCUT2D eigenvalue weighted by Gasteiger charge is 2.24. The van der Waals surface area contributed by atoms with Crippen LogP contribution >= 0.6 is 23.2 Å². The number of hydrogen-bond acceptors (Lipinski definition) is 6. The van der Waals surface area contributed by atoms with Crippen LogP contribution in [0.5, 0.6) is 5.75 Å². The van der Waals surface area contributed by atoms with Crippen molar-refractivity contribution in [2.24, 2.45) is 7.05 Å². The number of aliphatic hydroxyl groups excluding tert-OH is 1. The molecular formula is C20H23Cl2N5O4. The molecule has 3 heterocycles. The SMILES string of the molecule is Cn1c(=O)[nH]c(=O)c2c1nc(N1CCCCC1)n2C[C@@H](O)COc1ccc(Cl)cc1Cl. The van der Waals surface area contributed by atoms with Gasteiger partial charge in [0.15, 0.2) is 11.2 Å². The summed E-state index contributed by atoms with van der Waals surface area (Å²) in [4.78, 5) is 33.6. The number of aryl methyl sites for hydroxylation is 1. The fourth-order valence-electron chi connectivity index (χ4n) is 3.77. The van der Waals surface area contributed by atoms with Gasteiger partial charge in [-0.3, -0.25) is 14.3 Å². The van der Waals surface area contributed by atoms with Crippen molar-refractivity contribution in [3.63, 3.8) is 0 Å². The van der Waals surface area contributed by atoms with Crippen LogP contribution in [-0.4, -0.2) is 50.0 Å². The second kappa shape index (κ2) is 8.94. The van der Waals surface area contributed by atoms with Crippen molar-refractivity contribution in [1.29, 1.82) is 0 Å². The summed E-state index contributed by atoms with van der Waals surface area (Å²) in [5.74, 6) is 0.960. The molecule has 0 amide bonds. The molecule has 2 N–H and O–H groups in total. The summed E-state index contributed by atoms with van der Waals surface area (Å²) >= 11 is 12.0. The number of nitrogens with one attached hydrogen (secondary N) is 1. The molecule has 2 aromatic heterocycles. The summed E-state index contributed by atoms with van der Waals surface area (Å²) in [5, 5.41) is 11.5. The summed E-state index contributed by atoms with van der Waals surface area (Å²) in [7, 11) is 1.56. The summed E-state index contributed by atoms with van der Waals surface area (Å²) in [6.07, 6.45) is 2.20. The van der Waals surface area contributed by atoms with E-state index in [1.165, 1.54) is 4.57 Å². The van der Waals surface area contributed by atoms with E-state index in [-0.39, 0.29) is 24.3 Å². The highest BCUT2D eigenvalue weighted by atomic mass is 35.5. The average molecular weight is 468 g/mol. The number of halogens is 2. The van der Waals surface area contributed by atoms with Crippen LogP contribution in [0, 0.1) is 0 Å². The first kappa shape index (κ1) is 21.7. The first-order valence-electron chi connectivity index (χ1n) is 10.1. The normalized spacial score (nSPS) is 15.4. The highest BCUT2D eigenvalue weighted by molar-refractivity contribution is 6.35. The molecule has 166 valence electrons. The van der Waals surface area contributed by atoms with Gasteiger partial charge in [0.1, 0.15) is 18.5 Å². The van der Waals surface area contributed by atoms with E-state index in [2.05, 4.69) is 14.9 Å².